The van der Waals surface area contributed by atoms with Gasteiger partial charge in [0.15, 0.2) is 0 Å². The lowest BCUT2D eigenvalue weighted by atomic mass is 10.1. The fraction of sp³-hybridized carbons (Fsp3) is 0.692. The average Bonchev–Trinajstić information content (AvgIpc) is 2.44. The van der Waals surface area contributed by atoms with Crippen LogP contribution >= 0.6 is 0 Å². The highest BCUT2D eigenvalue weighted by Crippen LogP contribution is 2.28. The monoisotopic (exact) mass is 322 g/mol. The highest BCUT2D eigenvalue weighted by Gasteiger charge is 2.30. The molecule has 2 heterocycles. The largest absolute Gasteiger partial charge is 0.389 e. The molecule has 9 heteroatoms. The molecule has 1 aromatic heterocycles. The number of anilines is 1. The first kappa shape index (κ1) is 16.7. The van der Waals surface area contributed by atoms with Gasteiger partial charge in [-0.2, -0.15) is 13.2 Å². The number of fused-ring (bicyclic) bond motifs is 1. The van der Waals surface area contributed by atoms with Crippen molar-refractivity contribution >= 4 is 5.95 Å². The van der Waals surface area contributed by atoms with Crippen LogP contribution in [0, 0.1) is 0 Å². The SMILES string of the molecule is Nc1nc2c(c(=O)n1C(CCF)CCC(F)(F)F)CCNC2. The van der Waals surface area contributed by atoms with Crippen LogP contribution < -0.4 is 16.6 Å². The van der Waals surface area contributed by atoms with Crippen molar-refractivity contribution in [1.82, 2.24) is 14.9 Å². The number of nitrogens with zero attached hydrogens (tertiary/aromatic N) is 2. The maximum atomic E-state index is 12.7. The van der Waals surface area contributed by atoms with Crippen molar-refractivity contribution < 1.29 is 17.6 Å². The number of aromatic nitrogens is 2. The number of hydrogen-bond donors (Lipinski definition) is 2. The Kier molecular flexibility index (Phi) is 5.05. The topological polar surface area (TPSA) is 72.9 Å². The predicted octanol–water partition coefficient (Wildman–Crippen LogP) is 1.71. The lowest BCUT2D eigenvalue weighted by molar-refractivity contribution is -0.137. The predicted molar refractivity (Wildman–Crippen MR) is 73.2 cm³/mol. The van der Waals surface area contributed by atoms with E-state index in [-0.39, 0.29) is 12.4 Å². The van der Waals surface area contributed by atoms with E-state index in [1.807, 2.05) is 0 Å². The first-order valence-electron chi connectivity index (χ1n) is 7.06. The molecule has 0 bridgehead atoms. The number of nitrogens with two attached hydrogens (primary N) is 1. The second-order valence-electron chi connectivity index (χ2n) is 5.28. The number of halogens is 4. The molecule has 0 aliphatic carbocycles. The van der Waals surface area contributed by atoms with Crippen molar-refractivity contribution in [3.05, 3.63) is 21.6 Å². The second kappa shape index (κ2) is 6.64. The van der Waals surface area contributed by atoms with E-state index in [0.717, 1.165) is 4.57 Å². The summed E-state index contributed by atoms with van der Waals surface area (Å²) >= 11 is 0. The smallest absolute Gasteiger partial charge is 0.369 e. The molecule has 2 rings (SSSR count). The molecule has 5 nitrogen and oxygen atoms in total. The van der Waals surface area contributed by atoms with Gasteiger partial charge in [0.2, 0.25) is 5.95 Å². The minimum absolute atomic E-state index is 0.159. The third-order valence-electron chi connectivity index (χ3n) is 3.73. The maximum Gasteiger partial charge on any atom is 0.389 e. The molecule has 1 aliphatic rings. The van der Waals surface area contributed by atoms with Gasteiger partial charge in [-0.05, 0) is 25.8 Å². The van der Waals surface area contributed by atoms with Crippen molar-refractivity contribution in [2.24, 2.45) is 0 Å². The molecule has 3 N–H and O–H groups in total. The van der Waals surface area contributed by atoms with E-state index >= 15 is 0 Å². The van der Waals surface area contributed by atoms with Gasteiger partial charge in [-0.1, -0.05) is 0 Å². The standard InChI is InChI=1S/C13H18F4N4O/c14-5-2-8(1-4-13(15,16)17)21-11(22)9-3-6-19-7-10(9)20-12(21)18/h8,19H,1-7H2,(H2,18,20). The first-order chi connectivity index (χ1) is 10.3. The maximum absolute atomic E-state index is 12.7. The normalized spacial score (nSPS) is 16.4. The first-order valence-corrected chi connectivity index (χ1v) is 7.06. The van der Waals surface area contributed by atoms with Gasteiger partial charge in [-0.25, -0.2) is 4.98 Å². The Hall–Kier alpha value is -1.64. The molecule has 22 heavy (non-hydrogen) atoms. The number of alkyl halides is 4. The summed E-state index contributed by atoms with van der Waals surface area (Å²) in [4.78, 5) is 16.6. The van der Waals surface area contributed by atoms with E-state index in [0.29, 0.717) is 30.8 Å². The fourth-order valence-corrected chi connectivity index (χ4v) is 2.66. The molecule has 0 fully saturated rings. The summed E-state index contributed by atoms with van der Waals surface area (Å²) < 4.78 is 50.9. The van der Waals surface area contributed by atoms with Gasteiger partial charge in [0.25, 0.3) is 5.56 Å². The third kappa shape index (κ3) is 3.76. The number of hydrogen-bond acceptors (Lipinski definition) is 4. The zero-order chi connectivity index (χ0) is 16.3. The van der Waals surface area contributed by atoms with Gasteiger partial charge in [0.1, 0.15) is 0 Å². The summed E-state index contributed by atoms with van der Waals surface area (Å²) in [7, 11) is 0. The summed E-state index contributed by atoms with van der Waals surface area (Å²) in [5.41, 5.74) is 6.24. The molecule has 0 saturated carbocycles. The third-order valence-corrected chi connectivity index (χ3v) is 3.73. The Bertz CT molecular complexity index is 585. The van der Waals surface area contributed by atoms with E-state index in [1.54, 1.807) is 0 Å². The average molecular weight is 322 g/mol. The molecule has 1 aliphatic heterocycles. The van der Waals surface area contributed by atoms with Crippen molar-refractivity contribution in [2.45, 2.75) is 44.4 Å². The summed E-state index contributed by atoms with van der Waals surface area (Å²) in [6.45, 7) is 0.156. The quantitative estimate of drug-likeness (QED) is 0.810. The van der Waals surface area contributed by atoms with Crippen LogP contribution in [0.1, 0.15) is 36.6 Å². The van der Waals surface area contributed by atoms with Crippen LogP contribution in [0.15, 0.2) is 4.79 Å². The van der Waals surface area contributed by atoms with Crippen molar-refractivity contribution in [1.29, 1.82) is 0 Å². The van der Waals surface area contributed by atoms with E-state index in [1.165, 1.54) is 0 Å². The minimum atomic E-state index is -4.36. The second-order valence-corrected chi connectivity index (χ2v) is 5.28. The van der Waals surface area contributed by atoms with E-state index < -0.39 is 37.3 Å². The summed E-state index contributed by atoms with van der Waals surface area (Å²) in [6, 6.07) is -0.938. The molecule has 0 radical (unpaired) electrons. The van der Waals surface area contributed by atoms with Gasteiger partial charge in [0.05, 0.1) is 12.4 Å². The Morgan fingerprint density at radius 3 is 2.73 bits per heavy atom. The Balaban J connectivity index is 2.36. The van der Waals surface area contributed by atoms with Gasteiger partial charge in [-0.3, -0.25) is 13.8 Å². The zero-order valence-corrected chi connectivity index (χ0v) is 11.9. The Labute approximate surface area is 124 Å². The molecule has 0 aromatic carbocycles. The zero-order valence-electron chi connectivity index (χ0n) is 11.9. The highest BCUT2D eigenvalue weighted by molar-refractivity contribution is 5.29. The van der Waals surface area contributed by atoms with Gasteiger partial charge in [-0.15, -0.1) is 0 Å². The van der Waals surface area contributed by atoms with E-state index in [4.69, 9.17) is 5.73 Å². The molecule has 124 valence electrons. The minimum Gasteiger partial charge on any atom is -0.369 e. The lowest BCUT2D eigenvalue weighted by Crippen LogP contribution is -2.37. The van der Waals surface area contributed by atoms with Gasteiger partial charge >= 0.3 is 6.18 Å². The van der Waals surface area contributed by atoms with Crippen LogP contribution in [0.25, 0.3) is 0 Å². The van der Waals surface area contributed by atoms with Crippen LogP contribution in [-0.4, -0.2) is 28.9 Å². The molecule has 1 atom stereocenters. The Morgan fingerprint density at radius 1 is 1.36 bits per heavy atom. The summed E-state index contributed by atoms with van der Waals surface area (Å²) in [5, 5.41) is 3.04. The van der Waals surface area contributed by atoms with Crippen LogP contribution in [0.5, 0.6) is 0 Å². The van der Waals surface area contributed by atoms with Crippen molar-refractivity contribution in [3.63, 3.8) is 0 Å². The number of rotatable bonds is 5. The molecule has 0 saturated heterocycles. The van der Waals surface area contributed by atoms with Crippen LogP contribution in [-0.2, 0) is 13.0 Å². The number of nitrogen functional groups attached to an aromatic ring is 1. The molecule has 0 amide bonds. The molecule has 1 unspecified atom stereocenters. The lowest BCUT2D eigenvalue weighted by Gasteiger charge is -2.24. The van der Waals surface area contributed by atoms with Crippen LogP contribution in [0.3, 0.4) is 0 Å². The molecule has 1 aromatic rings. The van der Waals surface area contributed by atoms with Gasteiger partial charge in [0, 0.05) is 24.6 Å². The molecule has 0 spiro atoms. The fourth-order valence-electron chi connectivity index (χ4n) is 2.66. The van der Waals surface area contributed by atoms with Crippen molar-refractivity contribution in [3.8, 4) is 0 Å². The van der Waals surface area contributed by atoms with Gasteiger partial charge < -0.3 is 11.1 Å². The van der Waals surface area contributed by atoms with Crippen molar-refractivity contribution in [2.75, 3.05) is 19.0 Å². The highest BCUT2D eigenvalue weighted by atomic mass is 19.4. The van der Waals surface area contributed by atoms with E-state index in [2.05, 4.69) is 10.3 Å². The summed E-state index contributed by atoms with van der Waals surface area (Å²) in [6.07, 6.45) is -5.61. The van der Waals surface area contributed by atoms with Crippen LogP contribution in [0.4, 0.5) is 23.5 Å². The number of nitrogens with one attached hydrogen (secondary N) is 1. The molecular formula is C13H18F4N4O. The summed E-state index contributed by atoms with van der Waals surface area (Å²) in [5.74, 6) is -0.159. The Morgan fingerprint density at radius 2 is 2.09 bits per heavy atom. The molecular weight excluding hydrogens is 304 g/mol. The van der Waals surface area contributed by atoms with E-state index in [9.17, 15) is 22.4 Å². The van der Waals surface area contributed by atoms with Crippen LogP contribution in [0.2, 0.25) is 0 Å².